The zero-order valence-corrected chi connectivity index (χ0v) is 20.1. The van der Waals surface area contributed by atoms with Gasteiger partial charge < -0.3 is 15.5 Å². The van der Waals surface area contributed by atoms with Crippen molar-refractivity contribution in [1.29, 1.82) is 0 Å². The van der Waals surface area contributed by atoms with Crippen molar-refractivity contribution >= 4 is 35.8 Å². The van der Waals surface area contributed by atoms with Crippen LogP contribution in [0.3, 0.4) is 0 Å². The van der Waals surface area contributed by atoms with Gasteiger partial charge in [0, 0.05) is 45.8 Å². The van der Waals surface area contributed by atoms with Crippen LogP contribution in [0.5, 0.6) is 0 Å². The standard InChI is InChI=1S/C22H29N7.HI/c1-4-23-22(25-15-18-10-12-24-21(14-18)28(2)3)26-16-19-8-5-6-9-20(19)17-29-13-7-11-27-29;/h5-14H,4,15-17H2,1-3H3,(H2,23,25,26);1H. The van der Waals surface area contributed by atoms with Crippen molar-refractivity contribution in [2.24, 2.45) is 4.99 Å². The number of guanidine groups is 1. The monoisotopic (exact) mass is 519 g/mol. The van der Waals surface area contributed by atoms with Crippen molar-refractivity contribution in [2.75, 3.05) is 25.5 Å². The van der Waals surface area contributed by atoms with Gasteiger partial charge in [0.1, 0.15) is 5.82 Å². The van der Waals surface area contributed by atoms with Crippen LogP contribution >= 0.6 is 24.0 Å². The van der Waals surface area contributed by atoms with Crippen LogP contribution in [0.1, 0.15) is 23.6 Å². The summed E-state index contributed by atoms with van der Waals surface area (Å²) in [6.07, 6.45) is 5.61. The average Bonchev–Trinajstić information content (AvgIpc) is 3.24. The van der Waals surface area contributed by atoms with Crippen molar-refractivity contribution < 1.29 is 0 Å². The van der Waals surface area contributed by atoms with E-state index in [4.69, 9.17) is 4.99 Å². The van der Waals surface area contributed by atoms with E-state index < -0.39 is 0 Å². The number of aromatic nitrogens is 3. The summed E-state index contributed by atoms with van der Waals surface area (Å²) in [5, 5.41) is 11.1. The molecule has 0 bridgehead atoms. The quantitative estimate of drug-likeness (QED) is 0.272. The molecule has 2 N–H and O–H groups in total. The smallest absolute Gasteiger partial charge is 0.191 e. The Morgan fingerprint density at radius 3 is 2.57 bits per heavy atom. The molecule has 0 spiro atoms. The largest absolute Gasteiger partial charge is 0.363 e. The van der Waals surface area contributed by atoms with Crippen molar-refractivity contribution in [1.82, 2.24) is 25.4 Å². The predicted molar refractivity (Wildman–Crippen MR) is 133 cm³/mol. The molecule has 0 saturated carbocycles. The molecule has 0 fully saturated rings. The number of hydrogen-bond donors (Lipinski definition) is 2. The Kier molecular flexibility index (Phi) is 9.59. The zero-order valence-electron chi connectivity index (χ0n) is 17.7. The van der Waals surface area contributed by atoms with E-state index in [9.17, 15) is 0 Å². The van der Waals surface area contributed by atoms with Crippen molar-refractivity contribution in [3.8, 4) is 0 Å². The van der Waals surface area contributed by atoms with Crippen LogP contribution in [0.2, 0.25) is 0 Å². The Labute approximate surface area is 195 Å². The minimum Gasteiger partial charge on any atom is -0.363 e. The number of halogens is 1. The van der Waals surface area contributed by atoms with Gasteiger partial charge in [-0.25, -0.2) is 9.98 Å². The lowest BCUT2D eigenvalue weighted by molar-refractivity contribution is 0.677. The van der Waals surface area contributed by atoms with E-state index in [0.717, 1.165) is 30.4 Å². The molecule has 7 nitrogen and oxygen atoms in total. The van der Waals surface area contributed by atoms with Gasteiger partial charge in [0.2, 0.25) is 0 Å². The molecule has 30 heavy (non-hydrogen) atoms. The molecule has 0 aliphatic heterocycles. The minimum atomic E-state index is 0. The van der Waals surface area contributed by atoms with Crippen LogP contribution in [0.25, 0.3) is 0 Å². The van der Waals surface area contributed by atoms with Gasteiger partial charge in [-0.3, -0.25) is 4.68 Å². The molecule has 2 heterocycles. The Morgan fingerprint density at radius 1 is 1.07 bits per heavy atom. The second-order valence-corrected chi connectivity index (χ2v) is 6.94. The summed E-state index contributed by atoms with van der Waals surface area (Å²) in [5.41, 5.74) is 3.59. The number of nitrogens with one attached hydrogen (secondary N) is 2. The Balaban J connectivity index is 0.00000320. The van der Waals surface area contributed by atoms with Gasteiger partial charge in [0.15, 0.2) is 5.96 Å². The molecular formula is C22H30IN7. The Hall–Kier alpha value is -2.62. The second-order valence-electron chi connectivity index (χ2n) is 6.94. The van der Waals surface area contributed by atoms with E-state index in [0.29, 0.717) is 13.1 Å². The highest BCUT2D eigenvalue weighted by molar-refractivity contribution is 14.0. The summed E-state index contributed by atoms with van der Waals surface area (Å²) in [5.74, 6) is 1.73. The summed E-state index contributed by atoms with van der Waals surface area (Å²) >= 11 is 0. The first-order valence-electron chi connectivity index (χ1n) is 9.84. The van der Waals surface area contributed by atoms with Gasteiger partial charge in [-0.2, -0.15) is 5.10 Å². The lowest BCUT2D eigenvalue weighted by atomic mass is 10.1. The SMILES string of the molecule is CCNC(=NCc1ccnc(N(C)C)c1)NCc1ccccc1Cn1cccn1.I. The van der Waals surface area contributed by atoms with E-state index in [-0.39, 0.29) is 24.0 Å². The number of aliphatic imine (C=N–C) groups is 1. The topological polar surface area (TPSA) is 70.4 Å². The summed E-state index contributed by atoms with van der Waals surface area (Å²) in [7, 11) is 3.98. The highest BCUT2D eigenvalue weighted by Crippen LogP contribution is 2.11. The van der Waals surface area contributed by atoms with E-state index in [1.165, 1.54) is 11.1 Å². The van der Waals surface area contributed by atoms with Crippen LogP contribution < -0.4 is 15.5 Å². The number of pyridine rings is 1. The number of anilines is 1. The molecular weight excluding hydrogens is 489 g/mol. The third kappa shape index (κ3) is 7.01. The zero-order chi connectivity index (χ0) is 20.5. The highest BCUT2D eigenvalue weighted by Gasteiger charge is 2.05. The number of nitrogens with zero attached hydrogens (tertiary/aromatic N) is 5. The molecule has 2 aromatic heterocycles. The number of hydrogen-bond acceptors (Lipinski definition) is 4. The molecule has 0 aliphatic carbocycles. The molecule has 0 amide bonds. The fraction of sp³-hybridized carbons (Fsp3) is 0.318. The van der Waals surface area contributed by atoms with Gasteiger partial charge in [-0.15, -0.1) is 24.0 Å². The average molecular weight is 519 g/mol. The predicted octanol–water partition coefficient (Wildman–Crippen LogP) is 3.27. The fourth-order valence-electron chi connectivity index (χ4n) is 2.95. The maximum Gasteiger partial charge on any atom is 0.191 e. The molecule has 8 heteroatoms. The first kappa shape index (κ1) is 23.7. The van der Waals surface area contributed by atoms with E-state index >= 15 is 0 Å². The summed E-state index contributed by atoms with van der Waals surface area (Å²) in [6, 6.07) is 14.4. The van der Waals surface area contributed by atoms with E-state index in [2.05, 4.69) is 58.0 Å². The van der Waals surface area contributed by atoms with E-state index in [1.807, 2.05) is 48.2 Å². The summed E-state index contributed by atoms with van der Waals surface area (Å²) in [6.45, 7) is 4.92. The molecule has 0 aliphatic rings. The lowest BCUT2D eigenvalue weighted by Crippen LogP contribution is -2.37. The van der Waals surface area contributed by atoms with Crippen LogP contribution in [0, 0.1) is 0 Å². The first-order valence-corrected chi connectivity index (χ1v) is 9.84. The fourth-order valence-corrected chi connectivity index (χ4v) is 2.95. The molecule has 160 valence electrons. The molecule has 0 atom stereocenters. The van der Waals surface area contributed by atoms with Crippen LogP contribution in [0.15, 0.2) is 66.0 Å². The van der Waals surface area contributed by atoms with Crippen molar-refractivity contribution in [3.05, 3.63) is 77.7 Å². The van der Waals surface area contributed by atoms with Crippen LogP contribution in [0.4, 0.5) is 5.82 Å². The Bertz CT molecular complexity index is 923. The lowest BCUT2D eigenvalue weighted by Gasteiger charge is -2.15. The Morgan fingerprint density at radius 2 is 1.87 bits per heavy atom. The molecule has 3 aromatic rings. The van der Waals surface area contributed by atoms with Crippen LogP contribution in [-0.2, 0) is 19.6 Å². The van der Waals surface area contributed by atoms with Gasteiger partial charge in [-0.1, -0.05) is 24.3 Å². The highest BCUT2D eigenvalue weighted by atomic mass is 127. The van der Waals surface area contributed by atoms with Crippen molar-refractivity contribution in [2.45, 2.75) is 26.6 Å². The maximum absolute atomic E-state index is 4.74. The number of benzene rings is 1. The van der Waals surface area contributed by atoms with Gasteiger partial charge in [0.25, 0.3) is 0 Å². The molecule has 3 rings (SSSR count). The van der Waals surface area contributed by atoms with Gasteiger partial charge >= 0.3 is 0 Å². The third-order valence-corrected chi connectivity index (χ3v) is 4.49. The summed E-state index contributed by atoms with van der Waals surface area (Å²) < 4.78 is 1.93. The maximum atomic E-state index is 4.74. The minimum absolute atomic E-state index is 0. The molecule has 0 unspecified atom stereocenters. The molecule has 0 radical (unpaired) electrons. The second kappa shape index (κ2) is 12.2. The third-order valence-electron chi connectivity index (χ3n) is 4.49. The number of rotatable bonds is 8. The first-order chi connectivity index (χ1) is 14.2. The van der Waals surface area contributed by atoms with Crippen LogP contribution in [-0.4, -0.2) is 41.4 Å². The van der Waals surface area contributed by atoms with E-state index in [1.54, 1.807) is 6.20 Å². The van der Waals surface area contributed by atoms with Crippen molar-refractivity contribution in [3.63, 3.8) is 0 Å². The molecule has 1 aromatic carbocycles. The van der Waals surface area contributed by atoms with Gasteiger partial charge in [-0.05, 0) is 41.8 Å². The summed E-state index contributed by atoms with van der Waals surface area (Å²) in [4.78, 5) is 11.1. The molecule has 0 saturated heterocycles. The normalized spacial score (nSPS) is 11.0. The van der Waals surface area contributed by atoms with Gasteiger partial charge in [0.05, 0.1) is 13.1 Å².